The number of thioether (sulfide) groups is 1. The van der Waals surface area contributed by atoms with E-state index in [1.54, 1.807) is 24.3 Å². The van der Waals surface area contributed by atoms with Gasteiger partial charge in [-0.3, -0.25) is 9.69 Å². The van der Waals surface area contributed by atoms with Gasteiger partial charge in [0.1, 0.15) is 10.1 Å². The Balaban J connectivity index is 2.11. The molecule has 0 unspecified atom stereocenters. The fourth-order valence-electron chi connectivity index (χ4n) is 1.83. The third-order valence-corrected chi connectivity index (χ3v) is 4.24. The molecule has 0 aromatic heterocycles. The Morgan fingerprint density at radius 1 is 1.43 bits per heavy atom. The maximum Gasteiger partial charge on any atom is 0.266 e. The van der Waals surface area contributed by atoms with Crippen LogP contribution in [0.25, 0.3) is 6.08 Å². The summed E-state index contributed by atoms with van der Waals surface area (Å²) in [5.74, 6) is -1.34. The molecule has 0 saturated carbocycles. The number of amides is 1. The minimum Gasteiger partial charge on any atom is -0.550 e. The lowest BCUT2D eigenvalue weighted by atomic mass is 10.2. The fraction of sp³-hybridized carbons (Fsp3) is 0.214. The Hall–Kier alpha value is -1.86. The van der Waals surface area contributed by atoms with Crippen molar-refractivity contribution in [1.82, 2.24) is 4.90 Å². The number of carboxylic acid groups (broad SMARTS) is 1. The molecule has 1 N–H and O–H groups in total. The molecular weight excluding hydrogens is 310 g/mol. The fourth-order valence-corrected chi connectivity index (χ4v) is 3.12. The van der Waals surface area contributed by atoms with E-state index in [4.69, 9.17) is 12.2 Å². The van der Waals surface area contributed by atoms with E-state index in [0.29, 0.717) is 21.2 Å². The second-order valence-electron chi connectivity index (χ2n) is 4.37. The summed E-state index contributed by atoms with van der Waals surface area (Å²) in [5, 5.41) is 20.1. The number of carbonyl (C=O) groups is 2. The zero-order valence-electron chi connectivity index (χ0n) is 10.9. The zero-order chi connectivity index (χ0) is 15.4. The van der Waals surface area contributed by atoms with Crippen LogP contribution in [0.1, 0.15) is 18.4 Å². The highest BCUT2D eigenvalue weighted by molar-refractivity contribution is 8.26. The van der Waals surface area contributed by atoms with Crippen LogP contribution >= 0.6 is 24.0 Å². The van der Waals surface area contributed by atoms with E-state index >= 15 is 0 Å². The maximum absolute atomic E-state index is 12.2. The van der Waals surface area contributed by atoms with E-state index in [-0.39, 0.29) is 24.6 Å². The topological polar surface area (TPSA) is 80.7 Å². The number of hydrogen-bond donors (Lipinski definition) is 1. The predicted octanol–water partition coefficient (Wildman–Crippen LogP) is 1.12. The Kier molecular flexibility index (Phi) is 4.98. The number of benzene rings is 1. The summed E-state index contributed by atoms with van der Waals surface area (Å²) >= 11 is 6.26. The second kappa shape index (κ2) is 6.73. The largest absolute Gasteiger partial charge is 0.550 e. The smallest absolute Gasteiger partial charge is 0.266 e. The highest BCUT2D eigenvalue weighted by Crippen LogP contribution is 2.34. The molecule has 0 atom stereocenters. The van der Waals surface area contributed by atoms with Crippen LogP contribution in [0, 0.1) is 0 Å². The van der Waals surface area contributed by atoms with Gasteiger partial charge in [-0.25, -0.2) is 0 Å². The quantitative estimate of drug-likeness (QED) is 0.646. The second-order valence-corrected chi connectivity index (χ2v) is 6.04. The normalized spacial score (nSPS) is 16.8. The molecule has 2 rings (SSSR count). The molecule has 1 aromatic rings. The number of phenols is 1. The number of rotatable bonds is 5. The maximum atomic E-state index is 12.2. The molecule has 1 saturated heterocycles. The Labute approximate surface area is 131 Å². The lowest BCUT2D eigenvalue weighted by molar-refractivity contribution is -0.305. The van der Waals surface area contributed by atoms with E-state index in [2.05, 4.69) is 0 Å². The average Bonchev–Trinajstić information content (AvgIpc) is 2.68. The van der Waals surface area contributed by atoms with E-state index in [0.717, 1.165) is 11.8 Å². The minimum absolute atomic E-state index is 0.0831. The molecule has 1 aliphatic rings. The third kappa shape index (κ3) is 3.83. The molecule has 1 fully saturated rings. The van der Waals surface area contributed by atoms with Crippen LogP contribution in [-0.4, -0.2) is 32.7 Å². The molecule has 0 bridgehead atoms. The number of aromatic hydroxyl groups is 1. The van der Waals surface area contributed by atoms with Gasteiger partial charge in [-0.1, -0.05) is 42.2 Å². The van der Waals surface area contributed by atoms with Gasteiger partial charge in [0.15, 0.2) is 0 Å². The van der Waals surface area contributed by atoms with Crippen molar-refractivity contribution < 1.29 is 19.8 Å². The number of thiocarbonyl (C=S) groups is 1. The van der Waals surface area contributed by atoms with E-state index < -0.39 is 5.97 Å². The number of carboxylic acids is 1. The summed E-state index contributed by atoms with van der Waals surface area (Å²) in [4.78, 5) is 24.4. The van der Waals surface area contributed by atoms with Crippen molar-refractivity contribution in [3.63, 3.8) is 0 Å². The van der Waals surface area contributed by atoms with Gasteiger partial charge in [-0.2, -0.15) is 0 Å². The molecule has 0 aliphatic carbocycles. The van der Waals surface area contributed by atoms with Crippen molar-refractivity contribution in [1.29, 1.82) is 0 Å². The molecule has 1 amide bonds. The van der Waals surface area contributed by atoms with Gasteiger partial charge in [0.2, 0.25) is 0 Å². The van der Waals surface area contributed by atoms with Crippen molar-refractivity contribution in [3.05, 3.63) is 34.7 Å². The molecular formula is C14H12NO4S2-. The summed E-state index contributed by atoms with van der Waals surface area (Å²) in [7, 11) is 0. The molecule has 110 valence electrons. The number of hydrogen-bond acceptors (Lipinski definition) is 6. The van der Waals surface area contributed by atoms with Crippen molar-refractivity contribution >= 4 is 46.3 Å². The summed E-state index contributed by atoms with van der Waals surface area (Å²) in [5.41, 5.74) is 0.535. The van der Waals surface area contributed by atoms with Gasteiger partial charge in [-0.15, -0.1) is 0 Å². The van der Waals surface area contributed by atoms with Crippen LogP contribution in [0.3, 0.4) is 0 Å². The first-order valence-electron chi connectivity index (χ1n) is 6.22. The van der Waals surface area contributed by atoms with Crippen molar-refractivity contribution in [2.45, 2.75) is 12.8 Å². The first-order chi connectivity index (χ1) is 9.99. The lowest BCUT2D eigenvalue weighted by Gasteiger charge is -2.14. The zero-order valence-corrected chi connectivity index (χ0v) is 12.6. The van der Waals surface area contributed by atoms with Crippen LogP contribution in [0.5, 0.6) is 5.75 Å². The van der Waals surface area contributed by atoms with E-state index in [1.807, 2.05) is 0 Å². The number of carbonyl (C=O) groups excluding carboxylic acids is 2. The number of aliphatic carboxylic acids is 1. The standard InChI is InChI=1S/C14H13NO4S2/c16-10-5-2-1-4-9(10)8-11-13(19)15(14(20)21-11)7-3-6-12(17)18/h1-2,4-5,8,16H,3,6-7H2,(H,17,18)/p-1/b11-8+. The molecule has 1 aliphatic heterocycles. The first kappa shape index (κ1) is 15.5. The number of nitrogens with zero attached hydrogens (tertiary/aromatic N) is 1. The van der Waals surface area contributed by atoms with Crippen LogP contribution in [-0.2, 0) is 9.59 Å². The summed E-state index contributed by atoms with van der Waals surface area (Å²) in [6.45, 7) is 0.247. The number of phenolic OH excluding ortho intramolecular Hbond substituents is 1. The average molecular weight is 322 g/mol. The molecule has 1 heterocycles. The van der Waals surface area contributed by atoms with Gasteiger partial charge >= 0.3 is 0 Å². The number of para-hydroxylation sites is 1. The SMILES string of the molecule is O=C([O-])CCCN1C(=O)/C(=C\c2ccccc2O)SC1=S. The van der Waals surface area contributed by atoms with E-state index in [9.17, 15) is 19.8 Å². The molecule has 1 aromatic carbocycles. The van der Waals surface area contributed by atoms with Gasteiger partial charge in [0.05, 0.1) is 4.91 Å². The van der Waals surface area contributed by atoms with Gasteiger partial charge in [-0.05, 0) is 25.0 Å². The van der Waals surface area contributed by atoms with Gasteiger partial charge < -0.3 is 15.0 Å². The first-order valence-corrected chi connectivity index (χ1v) is 7.44. The minimum atomic E-state index is -1.15. The highest BCUT2D eigenvalue weighted by Gasteiger charge is 2.31. The molecule has 0 spiro atoms. The summed E-state index contributed by atoms with van der Waals surface area (Å²) in [6, 6.07) is 6.68. The molecule has 21 heavy (non-hydrogen) atoms. The summed E-state index contributed by atoms with van der Waals surface area (Å²) in [6.07, 6.45) is 1.75. The van der Waals surface area contributed by atoms with Crippen LogP contribution < -0.4 is 5.11 Å². The van der Waals surface area contributed by atoms with Crippen LogP contribution in [0.2, 0.25) is 0 Å². The van der Waals surface area contributed by atoms with Gasteiger partial charge in [0.25, 0.3) is 5.91 Å². The van der Waals surface area contributed by atoms with Crippen molar-refractivity contribution in [2.75, 3.05) is 6.54 Å². The summed E-state index contributed by atoms with van der Waals surface area (Å²) < 4.78 is 0.389. The third-order valence-electron chi connectivity index (χ3n) is 2.86. The lowest BCUT2D eigenvalue weighted by Crippen LogP contribution is -2.30. The Morgan fingerprint density at radius 3 is 2.81 bits per heavy atom. The van der Waals surface area contributed by atoms with Crippen LogP contribution in [0.15, 0.2) is 29.2 Å². The highest BCUT2D eigenvalue weighted by atomic mass is 32.2. The van der Waals surface area contributed by atoms with E-state index in [1.165, 1.54) is 11.0 Å². The van der Waals surface area contributed by atoms with Crippen molar-refractivity contribution in [2.24, 2.45) is 0 Å². The molecule has 7 heteroatoms. The predicted molar refractivity (Wildman–Crippen MR) is 82.2 cm³/mol. The molecule has 5 nitrogen and oxygen atoms in total. The Bertz CT molecular complexity index is 627. The van der Waals surface area contributed by atoms with Crippen molar-refractivity contribution in [3.8, 4) is 5.75 Å². The van der Waals surface area contributed by atoms with Gasteiger partial charge in [0, 0.05) is 18.1 Å². The monoisotopic (exact) mass is 322 g/mol. The molecule has 0 radical (unpaired) electrons. The van der Waals surface area contributed by atoms with Crippen LogP contribution in [0.4, 0.5) is 0 Å². The Morgan fingerprint density at radius 2 is 2.14 bits per heavy atom.